The second-order valence-electron chi connectivity index (χ2n) is 5.77. The molecule has 2 unspecified atom stereocenters. The first-order valence-electron chi connectivity index (χ1n) is 7.56. The van der Waals surface area contributed by atoms with Crippen LogP contribution >= 0.6 is 23.2 Å². The molecule has 0 saturated heterocycles. The van der Waals surface area contributed by atoms with Crippen molar-refractivity contribution in [1.29, 1.82) is 0 Å². The summed E-state index contributed by atoms with van der Waals surface area (Å²) in [5, 5.41) is 3.48. The molecule has 24 heavy (non-hydrogen) atoms. The number of nitrogens with one attached hydrogen (secondary N) is 1. The second-order valence-corrected chi connectivity index (χ2v) is 6.58. The number of hydrogen-bond donors (Lipinski definition) is 1. The Bertz CT molecular complexity index is 760. The summed E-state index contributed by atoms with van der Waals surface area (Å²) in [5.74, 6) is -0.955. The van der Waals surface area contributed by atoms with Crippen LogP contribution in [-0.2, 0) is 9.59 Å². The maximum Gasteiger partial charge on any atom is 0.230 e. The minimum atomic E-state index is -0.351. The van der Waals surface area contributed by atoms with Crippen molar-refractivity contribution in [3.05, 3.63) is 58.6 Å². The first-order valence-corrected chi connectivity index (χ1v) is 8.32. The van der Waals surface area contributed by atoms with Crippen molar-refractivity contribution in [2.24, 2.45) is 11.8 Å². The van der Waals surface area contributed by atoms with E-state index in [1.807, 2.05) is 30.3 Å². The SMILES string of the molecule is CN(C(=O)C1CC1C(=O)Nc1c(Cl)cccc1Cl)c1ccccc1. The molecule has 4 nitrogen and oxygen atoms in total. The van der Waals surface area contributed by atoms with Gasteiger partial charge in [-0.1, -0.05) is 47.5 Å². The molecule has 0 radical (unpaired) electrons. The summed E-state index contributed by atoms with van der Waals surface area (Å²) in [4.78, 5) is 26.4. The number of anilines is 2. The van der Waals surface area contributed by atoms with Crippen LogP contribution in [0.5, 0.6) is 0 Å². The van der Waals surface area contributed by atoms with Crippen molar-refractivity contribution in [2.75, 3.05) is 17.3 Å². The first-order chi connectivity index (χ1) is 11.5. The van der Waals surface area contributed by atoms with Crippen LogP contribution in [-0.4, -0.2) is 18.9 Å². The van der Waals surface area contributed by atoms with Gasteiger partial charge < -0.3 is 10.2 Å². The van der Waals surface area contributed by atoms with Gasteiger partial charge in [0.1, 0.15) is 0 Å². The van der Waals surface area contributed by atoms with E-state index in [4.69, 9.17) is 23.2 Å². The van der Waals surface area contributed by atoms with Crippen molar-refractivity contribution in [3.8, 4) is 0 Å². The highest BCUT2D eigenvalue weighted by atomic mass is 35.5. The summed E-state index contributed by atoms with van der Waals surface area (Å²) in [6.45, 7) is 0. The molecule has 0 aliphatic heterocycles. The quantitative estimate of drug-likeness (QED) is 0.884. The lowest BCUT2D eigenvalue weighted by molar-refractivity contribution is -0.123. The fourth-order valence-corrected chi connectivity index (χ4v) is 3.11. The van der Waals surface area contributed by atoms with Gasteiger partial charge in [0.15, 0.2) is 0 Å². The number of nitrogens with zero attached hydrogens (tertiary/aromatic N) is 1. The van der Waals surface area contributed by atoms with Crippen LogP contribution in [0.4, 0.5) is 11.4 Å². The van der Waals surface area contributed by atoms with E-state index in [9.17, 15) is 9.59 Å². The van der Waals surface area contributed by atoms with Gasteiger partial charge in [-0.15, -0.1) is 0 Å². The average molecular weight is 363 g/mol. The molecule has 0 spiro atoms. The minimum Gasteiger partial charge on any atom is -0.323 e. The Balaban J connectivity index is 1.64. The Labute approximate surface area is 150 Å². The molecule has 124 valence electrons. The fourth-order valence-electron chi connectivity index (χ4n) is 2.62. The van der Waals surface area contributed by atoms with Crippen LogP contribution in [0.3, 0.4) is 0 Å². The van der Waals surface area contributed by atoms with Gasteiger partial charge >= 0.3 is 0 Å². The molecule has 2 amide bonds. The number of carbonyl (C=O) groups is 2. The lowest BCUT2D eigenvalue weighted by Gasteiger charge is -2.17. The van der Waals surface area contributed by atoms with Gasteiger partial charge in [-0.3, -0.25) is 9.59 Å². The molecule has 1 fully saturated rings. The van der Waals surface area contributed by atoms with Crippen molar-refractivity contribution in [2.45, 2.75) is 6.42 Å². The zero-order chi connectivity index (χ0) is 17.3. The predicted octanol–water partition coefficient (Wildman–Crippen LogP) is 4.23. The highest BCUT2D eigenvalue weighted by Crippen LogP contribution is 2.42. The molecule has 0 heterocycles. The predicted molar refractivity (Wildman–Crippen MR) is 96.5 cm³/mol. The Morgan fingerprint density at radius 1 is 1.00 bits per heavy atom. The topological polar surface area (TPSA) is 49.4 Å². The first kappa shape index (κ1) is 16.8. The van der Waals surface area contributed by atoms with Gasteiger partial charge in [0.2, 0.25) is 11.8 Å². The molecule has 2 atom stereocenters. The summed E-state index contributed by atoms with van der Waals surface area (Å²) < 4.78 is 0. The van der Waals surface area contributed by atoms with Crippen molar-refractivity contribution < 1.29 is 9.59 Å². The third-order valence-corrected chi connectivity index (χ3v) is 4.76. The third kappa shape index (κ3) is 3.40. The van der Waals surface area contributed by atoms with E-state index < -0.39 is 0 Å². The summed E-state index contributed by atoms with van der Waals surface area (Å²) >= 11 is 12.1. The van der Waals surface area contributed by atoms with Crippen LogP contribution in [0.15, 0.2) is 48.5 Å². The van der Waals surface area contributed by atoms with Crippen LogP contribution in [0, 0.1) is 11.8 Å². The van der Waals surface area contributed by atoms with Crippen molar-refractivity contribution in [3.63, 3.8) is 0 Å². The normalized spacial score (nSPS) is 18.8. The summed E-state index contributed by atoms with van der Waals surface area (Å²) in [7, 11) is 1.72. The van der Waals surface area contributed by atoms with Crippen molar-refractivity contribution in [1.82, 2.24) is 0 Å². The molecular weight excluding hydrogens is 347 g/mol. The summed E-state index contributed by atoms with van der Waals surface area (Å²) in [6, 6.07) is 14.4. The monoisotopic (exact) mass is 362 g/mol. The number of amides is 2. The van der Waals surface area contributed by atoms with Gasteiger partial charge in [0.05, 0.1) is 27.6 Å². The minimum absolute atomic E-state index is 0.0633. The average Bonchev–Trinajstić information content (AvgIpc) is 3.38. The maximum absolute atomic E-state index is 12.5. The summed E-state index contributed by atoms with van der Waals surface area (Å²) in [5.41, 5.74) is 1.20. The van der Waals surface area contributed by atoms with Crippen LogP contribution < -0.4 is 10.2 Å². The molecule has 3 rings (SSSR count). The van der Waals surface area contributed by atoms with E-state index in [1.54, 1.807) is 30.1 Å². The van der Waals surface area contributed by atoms with Gasteiger partial charge in [-0.05, 0) is 30.7 Å². The number of carbonyl (C=O) groups excluding carboxylic acids is 2. The van der Waals surface area contributed by atoms with E-state index in [0.717, 1.165) is 5.69 Å². The third-order valence-electron chi connectivity index (χ3n) is 4.13. The molecule has 1 aliphatic carbocycles. The molecular formula is C18H16Cl2N2O2. The van der Waals surface area contributed by atoms with Gasteiger partial charge in [0.25, 0.3) is 0 Å². The molecule has 1 saturated carbocycles. The van der Waals surface area contributed by atoms with Crippen LogP contribution in [0.2, 0.25) is 10.0 Å². The fraction of sp³-hybridized carbons (Fsp3) is 0.222. The van der Waals surface area contributed by atoms with Gasteiger partial charge in [-0.25, -0.2) is 0 Å². The van der Waals surface area contributed by atoms with Crippen LogP contribution in [0.25, 0.3) is 0 Å². The number of para-hydroxylation sites is 2. The smallest absolute Gasteiger partial charge is 0.230 e. The Morgan fingerprint density at radius 2 is 1.62 bits per heavy atom. The largest absolute Gasteiger partial charge is 0.323 e. The van der Waals surface area contributed by atoms with E-state index in [0.29, 0.717) is 22.2 Å². The van der Waals surface area contributed by atoms with E-state index in [-0.39, 0.29) is 23.7 Å². The summed E-state index contributed by atoms with van der Waals surface area (Å²) in [6.07, 6.45) is 0.532. The maximum atomic E-state index is 12.5. The molecule has 6 heteroatoms. The number of benzene rings is 2. The number of hydrogen-bond acceptors (Lipinski definition) is 2. The zero-order valence-corrected chi connectivity index (χ0v) is 14.5. The lowest BCUT2D eigenvalue weighted by Crippen LogP contribution is -2.29. The zero-order valence-electron chi connectivity index (χ0n) is 13.0. The Morgan fingerprint density at radius 3 is 2.25 bits per heavy atom. The molecule has 1 N–H and O–H groups in total. The Kier molecular flexibility index (Phi) is 4.78. The van der Waals surface area contributed by atoms with Crippen molar-refractivity contribution >= 4 is 46.4 Å². The van der Waals surface area contributed by atoms with E-state index in [2.05, 4.69) is 5.32 Å². The highest BCUT2D eigenvalue weighted by molar-refractivity contribution is 6.39. The second kappa shape index (κ2) is 6.83. The molecule has 2 aromatic carbocycles. The molecule has 1 aliphatic rings. The Hall–Kier alpha value is -2.04. The van der Waals surface area contributed by atoms with E-state index in [1.165, 1.54) is 0 Å². The molecule has 0 aromatic heterocycles. The van der Waals surface area contributed by atoms with Gasteiger partial charge in [0, 0.05) is 12.7 Å². The standard InChI is InChI=1S/C18H16Cl2N2O2/c1-22(11-6-3-2-4-7-11)18(24)13-10-12(13)17(23)21-16-14(19)8-5-9-15(16)20/h2-9,12-13H,10H2,1H3,(H,21,23). The van der Waals surface area contributed by atoms with E-state index >= 15 is 0 Å². The number of halogens is 2. The molecule has 0 bridgehead atoms. The highest BCUT2D eigenvalue weighted by Gasteiger charge is 2.49. The van der Waals surface area contributed by atoms with Gasteiger partial charge in [-0.2, -0.15) is 0 Å². The number of rotatable bonds is 4. The molecule has 2 aromatic rings. The lowest BCUT2D eigenvalue weighted by atomic mass is 10.2. The van der Waals surface area contributed by atoms with Crippen LogP contribution in [0.1, 0.15) is 6.42 Å².